The average Bonchev–Trinajstić information content (AvgIpc) is 2.76. The number of imide groups is 2. The Morgan fingerprint density at radius 1 is 0.833 bits per heavy atom. The summed E-state index contributed by atoms with van der Waals surface area (Å²) in [6.45, 7) is 0. The first-order chi connectivity index (χ1) is 14.5. The Kier molecular flexibility index (Phi) is 4.93. The lowest BCUT2D eigenvalue weighted by Gasteiger charge is -2.27. The molecule has 0 atom stereocenters. The van der Waals surface area contributed by atoms with E-state index in [1.807, 2.05) is 30.3 Å². The minimum Gasteiger partial charge on any atom is -0.496 e. The van der Waals surface area contributed by atoms with E-state index in [0.29, 0.717) is 17.1 Å². The molecule has 150 valence electrons. The number of fused-ring (bicyclic) bond motifs is 1. The number of urea groups is 1. The predicted molar refractivity (Wildman–Crippen MR) is 112 cm³/mol. The Bertz CT molecular complexity index is 1220. The third kappa shape index (κ3) is 3.16. The predicted octanol–water partition coefficient (Wildman–Crippen LogP) is 3.52. The Labute approximate surface area is 172 Å². The first-order valence-electron chi connectivity index (χ1n) is 9.15. The second-order valence-electron chi connectivity index (χ2n) is 6.53. The molecule has 1 aliphatic heterocycles. The zero-order valence-electron chi connectivity index (χ0n) is 16.3. The molecule has 7 nitrogen and oxygen atoms in total. The van der Waals surface area contributed by atoms with Crippen molar-refractivity contribution in [2.75, 3.05) is 19.1 Å². The van der Waals surface area contributed by atoms with Crippen LogP contribution in [0.2, 0.25) is 0 Å². The van der Waals surface area contributed by atoms with Gasteiger partial charge in [-0.25, -0.2) is 9.69 Å². The molecule has 30 heavy (non-hydrogen) atoms. The normalized spacial score (nSPS) is 15.5. The van der Waals surface area contributed by atoms with Crippen molar-refractivity contribution in [2.24, 2.45) is 0 Å². The lowest BCUT2D eigenvalue weighted by atomic mass is 9.99. The van der Waals surface area contributed by atoms with Crippen LogP contribution in [-0.2, 0) is 9.59 Å². The highest BCUT2D eigenvalue weighted by molar-refractivity contribution is 6.39. The van der Waals surface area contributed by atoms with E-state index < -0.39 is 17.8 Å². The fraction of sp³-hybridized carbons (Fsp3) is 0.0870. The molecule has 0 aliphatic carbocycles. The van der Waals surface area contributed by atoms with Crippen LogP contribution in [0.15, 0.2) is 66.2 Å². The van der Waals surface area contributed by atoms with Crippen molar-refractivity contribution in [3.8, 4) is 11.5 Å². The highest BCUT2D eigenvalue weighted by Crippen LogP contribution is 2.33. The highest BCUT2D eigenvalue weighted by Gasteiger charge is 2.38. The molecule has 4 amide bonds. The monoisotopic (exact) mass is 402 g/mol. The van der Waals surface area contributed by atoms with Crippen molar-refractivity contribution in [3.05, 3.63) is 71.8 Å². The molecule has 1 aliphatic rings. The van der Waals surface area contributed by atoms with E-state index >= 15 is 0 Å². The third-order valence-corrected chi connectivity index (χ3v) is 4.87. The Hall–Kier alpha value is -4.13. The summed E-state index contributed by atoms with van der Waals surface area (Å²) in [5, 5.41) is 3.96. The number of carbonyl (C=O) groups excluding carboxylic acids is 3. The summed E-state index contributed by atoms with van der Waals surface area (Å²) in [5.74, 6) is -0.686. The third-order valence-electron chi connectivity index (χ3n) is 4.87. The van der Waals surface area contributed by atoms with Crippen LogP contribution in [0.5, 0.6) is 11.5 Å². The summed E-state index contributed by atoms with van der Waals surface area (Å²) in [5.41, 5.74) is 0.629. The van der Waals surface area contributed by atoms with Crippen molar-refractivity contribution in [1.29, 1.82) is 0 Å². The molecular formula is C23H18N2O5. The molecule has 3 aromatic rings. The lowest BCUT2D eigenvalue weighted by Crippen LogP contribution is -2.54. The molecule has 4 rings (SSSR count). The second kappa shape index (κ2) is 7.71. The fourth-order valence-electron chi connectivity index (χ4n) is 3.44. The van der Waals surface area contributed by atoms with E-state index in [1.54, 1.807) is 30.3 Å². The summed E-state index contributed by atoms with van der Waals surface area (Å²) < 4.78 is 10.7. The van der Waals surface area contributed by atoms with Crippen molar-refractivity contribution in [2.45, 2.75) is 0 Å². The van der Waals surface area contributed by atoms with Gasteiger partial charge in [-0.05, 0) is 35.0 Å². The molecule has 1 heterocycles. The van der Waals surface area contributed by atoms with Crippen LogP contribution in [0.25, 0.3) is 16.8 Å². The van der Waals surface area contributed by atoms with Gasteiger partial charge < -0.3 is 9.47 Å². The number of barbiturate groups is 1. The number of methoxy groups -OCH3 is 2. The van der Waals surface area contributed by atoms with Crippen LogP contribution in [0.1, 0.15) is 5.56 Å². The fourth-order valence-corrected chi connectivity index (χ4v) is 3.44. The number of anilines is 1. The van der Waals surface area contributed by atoms with E-state index in [4.69, 9.17) is 9.47 Å². The molecule has 1 N–H and O–H groups in total. The molecule has 0 bridgehead atoms. The van der Waals surface area contributed by atoms with Gasteiger partial charge in [-0.1, -0.05) is 42.5 Å². The van der Waals surface area contributed by atoms with Crippen LogP contribution in [0, 0.1) is 0 Å². The molecule has 0 spiro atoms. The Morgan fingerprint density at radius 2 is 1.53 bits per heavy atom. The van der Waals surface area contributed by atoms with Gasteiger partial charge in [-0.3, -0.25) is 14.9 Å². The summed E-state index contributed by atoms with van der Waals surface area (Å²) in [4.78, 5) is 39.2. The van der Waals surface area contributed by atoms with E-state index in [2.05, 4.69) is 5.32 Å². The lowest BCUT2D eigenvalue weighted by molar-refractivity contribution is -0.122. The SMILES string of the molecule is COc1ccccc1N1C(=O)NC(=O)C(=Cc2c(OC)ccc3ccccc23)C1=O. The van der Waals surface area contributed by atoms with Gasteiger partial charge >= 0.3 is 6.03 Å². The number of amides is 4. The number of rotatable bonds is 4. The quantitative estimate of drug-likeness (QED) is 0.533. The van der Waals surface area contributed by atoms with Gasteiger partial charge in [0.05, 0.1) is 19.9 Å². The van der Waals surface area contributed by atoms with Crippen molar-refractivity contribution in [1.82, 2.24) is 5.32 Å². The number of para-hydroxylation sites is 2. The maximum atomic E-state index is 13.2. The maximum Gasteiger partial charge on any atom is 0.336 e. The van der Waals surface area contributed by atoms with E-state index in [1.165, 1.54) is 20.3 Å². The van der Waals surface area contributed by atoms with E-state index in [-0.39, 0.29) is 11.3 Å². The number of benzene rings is 3. The van der Waals surface area contributed by atoms with Gasteiger partial charge in [0.25, 0.3) is 11.8 Å². The number of nitrogens with zero attached hydrogens (tertiary/aromatic N) is 1. The summed E-state index contributed by atoms with van der Waals surface area (Å²) in [6, 6.07) is 17.0. The van der Waals surface area contributed by atoms with Crippen molar-refractivity contribution >= 4 is 40.4 Å². The molecule has 0 unspecified atom stereocenters. The van der Waals surface area contributed by atoms with Crippen molar-refractivity contribution < 1.29 is 23.9 Å². The van der Waals surface area contributed by atoms with Gasteiger partial charge in [-0.15, -0.1) is 0 Å². The van der Waals surface area contributed by atoms with Gasteiger partial charge in [0, 0.05) is 5.56 Å². The molecule has 0 saturated carbocycles. The molecule has 0 aromatic heterocycles. The standard InChI is InChI=1S/C23H18N2O5/c1-29-19-12-11-14-7-3-4-8-15(14)16(19)13-17-21(26)24-23(28)25(22(17)27)18-9-5-6-10-20(18)30-2/h3-13H,1-2H3,(H,24,26,28). The van der Waals surface area contributed by atoms with Crippen LogP contribution >= 0.6 is 0 Å². The zero-order valence-corrected chi connectivity index (χ0v) is 16.3. The second-order valence-corrected chi connectivity index (χ2v) is 6.53. The number of hydrogen-bond donors (Lipinski definition) is 1. The summed E-state index contributed by atoms with van der Waals surface area (Å²) in [6.07, 6.45) is 1.45. The highest BCUT2D eigenvalue weighted by atomic mass is 16.5. The van der Waals surface area contributed by atoms with Crippen LogP contribution < -0.4 is 19.7 Å². The van der Waals surface area contributed by atoms with Gasteiger partial charge in [0.15, 0.2) is 0 Å². The molecule has 7 heteroatoms. The smallest absolute Gasteiger partial charge is 0.336 e. The molecule has 3 aromatic carbocycles. The van der Waals surface area contributed by atoms with E-state index in [9.17, 15) is 14.4 Å². The number of ether oxygens (including phenoxy) is 2. The molecule has 1 fully saturated rings. The van der Waals surface area contributed by atoms with E-state index in [0.717, 1.165) is 15.7 Å². The minimum absolute atomic E-state index is 0.185. The topological polar surface area (TPSA) is 84.9 Å². The zero-order chi connectivity index (χ0) is 21.3. The number of carbonyl (C=O) groups is 3. The molecule has 1 saturated heterocycles. The average molecular weight is 402 g/mol. The van der Waals surface area contributed by atoms with Gasteiger partial charge in [0.1, 0.15) is 17.1 Å². The van der Waals surface area contributed by atoms with Crippen LogP contribution in [0.3, 0.4) is 0 Å². The number of nitrogens with one attached hydrogen (secondary N) is 1. The summed E-state index contributed by atoms with van der Waals surface area (Å²) >= 11 is 0. The Balaban J connectivity index is 1.88. The van der Waals surface area contributed by atoms with Gasteiger partial charge in [-0.2, -0.15) is 0 Å². The van der Waals surface area contributed by atoms with Crippen LogP contribution in [0.4, 0.5) is 10.5 Å². The summed E-state index contributed by atoms with van der Waals surface area (Å²) in [7, 11) is 2.95. The van der Waals surface area contributed by atoms with Crippen LogP contribution in [-0.4, -0.2) is 32.1 Å². The van der Waals surface area contributed by atoms with Gasteiger partial charge in [0.2, 0.25) is 0 Å². The largest absolute Gasteiger partial charge is 0.496 e. The first-order valence-corrected chi connectivity index (χ1v) is 9.15. The number of hydrogen-bond acceptors (Lipinski definition) is 5. The molecular weight excluding hydrogens is 384 g/mol. The Morgan fingerprint density at radius 3 is 2.30 bits per heavy atom. The molecule has 0 radical (unpaired) electrons. The van der Waals surface area contributed by atoms with Crippen molar-refractivity contribution in [3.63, 3.8) is 0 Å². The first kappa shape index (κ1) is 19.2. The minimum atomic E-state index is -0.837. The maximum absolute atomic E-state index is 13.2.